The summed E-state index contributed by atoms with van der Waals surface area (Å²) >= 11 is 0. The predicted octanol–water partition coefficient (Wildman–Crippen LogP) is 2.89. The van der Waals surface area contributed by atoms with E-state index in [2.05, 4.69) is 5.16 Å². The third-order valence-corrected chi connectivity index (χ3v) is 5.99. The number of hydrogen-bond donors (Lipinski definition) is 1. The van der Waals surface area contributed by atoms with E-state index in [0.29, 0.717) is 12.8 Å². The van der Waals surface area contributed by atoms with Crippen LogP contribution in [0.2, 0.25) is 0 Å². The van der Waals surface area contributed by atoms with Gasteiger partial charge >= 0.3 is 0 Å². The van der Waals surface area contributed by atoms with Gasteiger partial charge in [-0.1, -0.05) is 23.4 Å². The molecular weight excluding hydrogens is 359 g/mol. The van der Waals surface area contributed by atoms with Crippen molar-refractivity contribution in [2.45, 2.75) is 24.3 Å². The second-order valence-electron chi connectivity index (χ2n) is 5.96. The molecule has 26 heavy (non-hydrogen) atoms. The molecule has 0 atom stereocenters. The molecule has 1 heterocycles. The Hall–Kier alpha value is -2.45. The summed E-state index contributed by atoms with van der Waals surface area (Å²) < 4.78 is 39.7. The van der Waals surface area contributed by atoms with E-state index >= 15 is 0 Å². The first kappa shape index (κ1) is 18.3. The van der Waals surface area contributed by atoms with Crippen LogP contribution in [0.4, 0.5) is 4.39 Å². The lowest BCUT2D eigenvalue weighted by molar-refractivity contribution is 0.128. The van der Waals surface area contributed by atoms with Crippen LogP contribution in [-0.4, -0.2) is 36.6 Å². The van der Waals surface area contributed by atoms with E-state index in [1.54, 1.807) is 24.3 Å². The van der Waals surface area contributed by atoms with Crippen molar-refractivity contribution in [2.75, 3.05) is 13.1 Å². The summed E-state index contributed by atoms with van der Waals surface area (Å²) in [5.74, 6) is -0.389. The molecule has 8 heteroatoms. The molecule has 3 rings (SSSR count). The van der Waals surface area contributed by atoms with Gasteiger partial charge in [0.25, 0.3) is 0 Å². The van der Waals surface area contributed by atoms with E-state index in [1.807, 2.05) is 0 Å². The van der Waals surface area contributed by atoms with Crippen LogP contribution in [0, 0.1) is 5.82 Å². The summed E-state index contributed by atoms with van der Waals surface area (Å²) in [5.41, 5.74) is 1.66. The lowest BCUT2D eigenvalue weighted by Crippen LogP contribution is -2.38. The summed E-state index contributed by atoms with van der Waals surface area (Å²) in [5, 5.41) is 13.3. The van der Waals surface area contributed by atoms with Crippen molar-refractivity contribution >= 4 is 15.7 Å². The van der Waals surface area contributed by atoms with E-state index < -0.39 is 15.8 Å². The quantitative estimate of drug-likeness (QED) is 0.812. The first-order valence-corrected chi connectivity index (χ1v) is 9.60. The van der Waals surface area contributed by atoms with Crippen LogP contribution in [-0.2, 0) is 21.5 Å². The highest BCUT2D eigenvalue weighted by atomic mass is 32.2. The SMILES string of the molecule is O=S(=O)(c1cccc(F)c1)N1CCC(=NOCc2ccc(O)cc2)CC1. The van der Waals surface area contributed by atoms with Gasteiger partial charge in [-0.3, -0.25) is 0 Å². The molecule has 0 amide bonds. The Morgan fingerprint density at radius 2 is 1.81 bits per heavy atom. The lowest BCUT2D eigenvalue weighted by Gasteiger charge is -2.26. The number of phenolic OH excluding ortho intramolecular Hbond substituents is 1. The van der Waals surface area contributed by atoms with Gasteiger partial charge in [-0.2, -0.15) is 4.31 Å². The van der Waals surface area contributed by atoms with Crippen LogP contribution in [0.25, 0.3) is 0 Å². The molecule has 1 fully saturated rings. The molecule has 0 aromatic heterocycles. The van der Waals surface area contributed by atoms with Gasteiger partial charge < -0.3 is 9.94 Å². The van der Waals surface area contributed by atoms with E-state index in [-0.39, 0.29) is 30.3 Å². The molecule has 0 aliphatic carbocycles. The lowest BCUT2D eigenvalue weighted by atomic mass is 10.1. The maximum Gasteiger partial charge on any atom is 0.243 e. The molecule has 0 unspecified atom stereocenters. The fraction of sp³-hybridized carbons (Fsp3) is 0.278. The van der Waals surface area contributed by atoms with Crippen molar-refractivity contribution in [1.29, 1.82) is 0 Å². The largest absolute Gasteiger partial charge is 0.508 e. The van der Waals surface area contributed by atoms with Crippen molar-refractivity contribution < 1.29 is 22.8 Å². The molecular formula is C18H19FN2O4S. The number of rotatable bonds is 5. The molecule has 1 N–H and O–H groups in total. The van der Waals surface area contributed by atoms with Gasteiger partial charge in [-0.15, -0.1) is 0 Å². The van der Waals surface area contributed by atoms with Crippen molar-refractivity contribution in [2.24, 2.45) is 5.16 Å². The Labute approximate surface area is 151 Å². The third-order valence-electron chi connectivity index (χ3n) is 4.09. The Kier molecular flexibility index (Phi) is 5.53. The Bertz CT molecular complexity index is 888. The first-order chi connectivity index (χ1) is 12.4. The van der Waals surface area contributed by atoms with Gasteiger partial charge in [0.05, 0.1) is 10.6 Å². The normalized spacial score (nSPS) is 15.7. The molecule has 0 radical (unpaired) electrons. The zero-order valence-corrected chi connectivity index (χ0v) is 14.8. The summed E-state index contributed by atoms with van der Waals surface area (Å²) in [6.45, 7) is 0.829. The molecule has 0 spiro atoms. The van der Waals surface area contributed by atoms with Gasteiger partial charge in [0.1, 0.15) is 18.2 Å². The number of nitrogens with zero attached hydrogens (tertiary/aromatic N) is 2. The molecule has 0 saturated carbocycles. The van der Waals surface area contributed by atoms with E-state index in [1.165, 1.54) is 22.5 Å². The molecule has 6 nitrogen and oxygen atoms in total. The molecule has 138 valence electrons. The molecule has 2 aromatic carbocycles. The number of halogens is 1. The zero-order valence-electron chi connectivity index (χ0n) is 14.0. The topological polar surface area (TPSA) is 79.2 Å². The average Bonchev–Trinajstić information content (AvgIpc) is 2.64. The highest BCUT2D eigenvalue weighted by molar-refractivity contribution is 7.89. The molecule has 1 aliphatic rings. The van der Waals surface area contributed by atoms with Crippen LogP contribution < -0.4 is 0 Å². The van der Waals surface area contributed by atoms with Crippen LogP contribution >= 0.6 is 0 Å². The summed E-state index contributed by atoms with van der Waals surface area (Å²) in [6, 6.07) is 11.6. The second kappa shape index (κ2) is 7.84. The van der Waals surface area contributed by atoms with E-state index in [4.69, 9.17) is 4.84 Å². The predicted molar refractivity (Wildman–Crippen MR) is 94.7 cm³/mol. The van der Waals surface area contributed by atoms with Crippen molar-refractivity contribution in [3.8, 4) is 5.75 Å². The van der Waals surface area contributed by atoms with Crippen LogP contribution in [0.3, 0.4) is 0 Å². The monoisotopic (exact) mass is 378 g/mol. The van der Waals surface area contributed by atoms with Crippen LogP contribution in [0.1, 0.15) is 18.4 Å². The van der Waals surface area contributed by atoms with Gasteiger partial charge in [-0.25, -0.2) is 12.8 Å². The van der Waals surface area contributed by atoms with Crippen molar-refractivity contribution in [1.82, 2.24) is 4.31 Å². The van der Waals surface area contributed by atoms with Gasteiger partial charge in [-0.05, 0) is 35.9 Å². The number of oxime groups is 1. The fourth-order valence-electron chi connectivity index (χ4n) is 2.64. The van der Waals surface area contributed by atoms with Crippen LogP contribution in [0.15, 0.2) is 58.6 Å². The summed E-state index contributed by atoms with van der Waals surface area (Å²) in [7, 11) is -3.70. The van der Waals surface area contributed by atoms with Crippen molar-refractivity contribution in [3.63, 3.8) is 0 Å². The third kappa shape index (κ3) is 4.39. The number of phenols is 1. The summed E-state index contributed by atoms with van der Waals surface area (Å²) in [6.07, 6.45) is 0.925. The van der Waals surface area contributed by atoms with Gasteiger partial charge in [0.15, 0.2) is 0 Å². The Balaban J connectivity index is 1.56. The first-order valence-electron chi connectivity index (χ1n) is 8.16. The minimum absolute atomic E-state index is 0.0403. The zero-order chi connectivity index (χ0) is 18.6. The molecule has 1 aliphatic heterocycles. The molecule has 0 bridgehead atoms. The minimum Gasteiger partial charge on any atom is -0.508 e. The molecule has 2 aromatic rings. The fourth-order valence-corrected chi connectivity index (χ4v) is 4.12. The molecule has 1 saturated heterocycles. The minimum atomic E-state index is -3.70. The number of benzene rings is 2. The van der Waals surface area contributed by atoms with E-state index in [9.17, 15) is 17.9 Å². The number of aromatic hydroxyl groups is 1. The van der Waals surface area contributed by atoms with Gasteiger partial charge in [0, 0.05) is 25.9 Å². The maximum absolute atomic E-state index is 13.3. The Morgan fingerprint density at radius 1 is 1.12 bits per heavy atom. The maximum atomic E-state index is 13.3. The van der Waals surface area contributed by atoms with Crippen LogP contribution in [0.5, 0.6) is 5.75 Å². The number of hydrogen-bond acceptors (Lipinski definition) is 5. The number of piperidine rings is 1. The van der Waals surface area contributed by atoms with Gasteiger partial charge in [0.2, 0.25) is 10.0 Å². The standard InChI is InChI=1S/C18H19FN2O4S/c19-15-2-1-3-18(12-15)26(23,24)21-10-8-16(9-11-21)20-25-13-14-4-6-17(22)7-5-14/h1-7,12,22H,8-11,13H2. The number of sulfonamides is 1. The Morgan fingerprint density at radius 3 is 2.46 bits per heavy atom. The average molecular weight is 378 g/mol. The smallest absolute Gasteiger partial charge is 0.243 e. The van der Waals surface area contributed by atoms with Crippen molar-refractivity contribution in [3.05, 3.63) is 59.9 Å². The second-order valence-corrected chi connectivity index (χ2v) is 7.90. The summed E-state index contributed by atoms with van der Waals surface area (Å²) in [4.78, 5) is 5.27. The van der Waals surface area contributed by atoms with E-state index in [0.717, 1.165) is 17.3 Å². The highest BCUT2D eigenvalue weighted by Crippen LogP contribution is 2.20. The highest BCUT2D eigenvalue weighted by Gasteiger charge is 2.28.